The first-order chi connectivity index (χ1) is 3.72. The molecule has 3 N–H and O–H groups in total. The van der Waals surface area contributed by atoms with Crippen LogP contribution in [0.15, 0.2) is 0 Å². The number of carbonyl (C=O) groups excluding carboxylic acids is 1. The minimum Gasteiger partial charge on any atom is -0.462 e. The van der Waals surface area contributed by atoms with Gasteiger partial charge in [-0.3, -0.25) is 4.79 Å². The Hall–Kier alpha value is -0.610. The van der Waals surface area contributed by atoms with E-state index < -0.39 is 18.1 Å². The van der Waals surface area contributed by atoms with E-state index >= 15 is 0 Å². The number of rotatable bonds is 0. The number of esters is 1. The standard InChI is InChI=1S/C4H7NO3/c5-3-2(6)1-8-4(3)7/h2-3,6H,1,5H2. The van der Waals surface area contributed by atoms with Crippen molar-refractivity contribution in [3.8, 4) is 0 Å². The molecule has 0 aromatic rings. The van der Waals surface area contributed by atoms with Crippen molar-refractivity contribution in [1.29, 1.82) is 0 Å². The van der Waals surface area contributed by atoms with Gasteiger partial charge < -0.3 is 15.6 Å². The number of aliphatic hydroxyl groups is 1. The first-order valence-electron chi connectivity index (χ1n) is 2.32. The minimum atomic E-state index is -0.824. The maximum atomic E-state index is 10.3. The molecule has 1 rings (SSSR count). The van der Waals surface area contributed by atoms with Crippen LogP contribution >= 0.6 is 0 Å². The van der Waals surface area contributed by atoms with E-state index in [1.807, 2.05) is 0 Å². The van der Waals surface area contributed by atoms with Crippen LogP contribution in [0.2, 0.25) is 0 Å². The molecule has 1 aliphatic rings. The Morgan fingerprint density at radius 2 is 2.50 bits per heavy atom. The van der Waals surface area contributed by atoms with Crippen LogP contribution in [-0.4, -0.2) is 29.8 Å². The molecule has 0 aliphatic carbocycles. The number of nitrogens with two attached hydrogens (primary N) is 1. The third-order valence-electron chi connectivity index (χ3n) is 1.08. The zero-order valence-electron chi connectivity index (χ0n) is 4.20. The first-order valence-corrected chi connectivity index (χ1v) is 2.32. The van der Waals surface area contributed by atoms with E-state index in [1.54, 1.807) is 0 Å². The third-order valence-corrected chi connectivity index (χ3v) is 1.08. The monoisotopic (exact) mass is 117 g/mol. The summed E-state index contributed by atoms with van der Waals surface area (Å²) >= 11 is 0. The average molecular weight is 117 g/mol. The number of hydrogen-bond donors (Lipinski definition) is 2. The molecule has 2 unspecified atom stereocenters. The van der Waals surface area contributed by atoms with Crippen LogP contribution in [0.25, 0.3) is 0 Å². The Morgan fingerprint density at radius 1 is 1.88 bits per heavy atom. The van der Waals surface area contributed by atoms with Gasteiger partial charge in [0, 0.05) is 0 Å². The Morgan fingerprint density at radius 3 is 2.62 bits per heavy atom. The normalized spacial score (nSPS) is 37.5. The summed E-state index contributed by atoms with van der Waals surface area (Å²) < 4.78 is 4.36. The summed E-state index contributed by atoms with van der Waals surface area (Å²) in [6.45, 7) is 0.0417. The second-order valence-corrected chi connectivity index (χ2v) is 1.72. The number of aliphatic hydroxyl groups excluding tert-OH is 1. The lowest BCUT2D eigenvalue weighted by Crippen LogP contribution is -2.35. The van der Waals surface area contributed by atoms with E-state index in [4.69, 9.17) is 10.8 Å². The Balaban J connectivity index is 2.56. The summed E-state index contributed by atoms with van der Waals surface area (Å²) in [6, 6.07) is -0.824. The average Bonchev–Trinajstić information content (AvgIpc) is 1.98. The molecule has 1 heterocycles. The fourth-order valence-corrected chi connectivity index (χ4v) is 0.524. The maximum absolute atomic E-state index is 10.3. The van der Waals surface area contributed by atoms with Crippen molar-refractivity contribution in [2.45, 2.75) is 12.1 Å². The molecule has 8 heavy (non-hydrogen) atoms. The second kappa shape index (κ2) is 1.72. The van der Waals surface area contributed by atoms with Crippen LogP contribution < -0.4 is 5.73 Å². The predicted octanol–water partition coefficient (Wildman–Crippen LogP) is -1.77. The predicted molar refractivity (Wildman–Crippen MR) is 24.9 cm³/mol. The van der Waals surface area contributed by atoms with E-state index in [9.17, 15) is 4.79 Å². The Labute approximate surface area is 46.2 Å². The fraction of sp³-hybridized carbons (Fsp3) is 0.750. The van der Waals surface area contributed by atoms with E-state index in [2.05, 4.69) is 4.74 Å². The number of carbonyl (C=O) groups is 1. The van der Waals surface area contributed by atoms with Crippen molar-refractivity contribution >= 4 is 5.97 Å². The van der Waals surface area contributed by atoms with Crippen LogP contribution in [-0.2, 0) is 9.53 Å². The van der Waals surface area contributed by atoms with Crippen LogP contribution in [0, 0.1) is 0 Å². The van der Waals surface area contributed by atoms with Crippen LogP contribution in [0.1, 0.15) is 0 Å². The lowest BCUT2D eigenvalue weighted by atomic mass is 10.2. The van der Waals surface area contributed by atoms with Crippen LogP contribution in [0.4, 0.5) is 0 Å². The van der Waals surface area contributed by atoms with Crippen LogP contribution in [0.3, 0.4) is 0 Å². The van der Waals surface area contributed by atoms with Crippen molar-refractivity contribution < 1.29 is 14.6 Å². The molecule has 46 valence electrons. The van der Waals surface area contributed by atoms with Gasteiger partial charge in [-0.25, -0.2) is 0 Å². The van der Waals surface area contributed by atoms with E-state index in [0.717, 1.165) is 0 Å². The molecule has 4 nitrogen and oxygen atoms in total. The van der Waals surface area contributed by atoms with Crippen molar-refractivity contribution in [2.24, 2.45) is 5.73 Å². The van der Waals surface area contributed by atoms with Gasteiger partial charge in [0.15, 0.2) is 0 Å². The van der Waals surface area contributed by atoms with E-state index in [0.29, 0.717) is 0 Å². The molecular weight excluding hydrogens is 110 g/mol. The van der Waals surface area contributed by atoms with Crippen molar-refractivity contribution in [3.63, 3.8) is 0 Å². The topological polar surface area (TPSA) is 72.6 Å². The molecular formula is C4H7NO3. The molecule has 0 bridgehead atoms. The van der Waals surface area contributed by atoms with E-state index in [-0.39, 0.29) is 6.61 Å². The van der Waals surface area contributed by atoms with Gasteiger partial charge >= 0.3 is 5.97 Å². The van der Waals surface area contributed by atoms with Gasteiger partial charge in [-0.1, -0.05) is 0 Å². The number of ether oxygens (including phenoxy) is 1. The molecule has 2 atom stereocenters. The van der Waals surface area contributed by atoms with Crippen molar-refractivity contribution in [3.05, 3.63) is 0 Å². The molecule has 1 saturated heterocycles. The molecule has 4 heteroatoms. The summed E-state index contributed by atoms with van der Waals surface area (Å²) in [5, 5.41) is 8.70. The third kappa shape index (κ3) is 0.677. The van der Waals surface area contributed by atoms with Gasteiger partial charge in [-0.15, -0.1) is 0 Å². The SMILES string of the molecule is NC1C(=O)OCC1O. The summed E-state index contributed by atoms with van der Waals surface area (Å²) in [4.78, 5) is 10.3. The summed E-state index contributed by atoms with van der Waals surface area (Å²) in [6.07, 6.45) is -0.803. The maximum Gasteiger partial charge on any atom is 0.325 e. The molecule has 0 aromatic heterocycles. The lowest BCUT2D eigenvalue weighted by Gasteiger charge is -1.98. The highest BCUT2D eigenvalue weighted by Crippen LogP contribution is 2.02. The van der Waals surface area contributed by atoms with Crippen molar-refractivity contribution in [1.82, 2.24) is 0 Å². The molecule has 0 aromatic carbocycles. The smallest absolute Gasteiger partial charge is 0.325 e. The van der Waals surface area contributed by atoms with Gasteiger partial charge in [0.1, 0.15) is 18.8 Å². The highest BCUT2D eigenvalue weighted by Gasteiger charge is 2.31. The highest BCUT2D eigenvalue weighted by molar-refractivity contribution is 5.78. The molecule has 0 spiro atoms. The Kier molecular flexibility index (Phi) is 1.19. The van der Waals surface area contributed by atoms with Crippen molar-refractivity contribution in [2.75, 3.05) is 6.61 Å². The van der Waals surface area contributed by atoms with Gasteiger partial charge in [0.05, 0.1) is 0 Å². The second-order valence-electron chi connectivity index (χ2n) is 1.72. The molecule has 1 fully saturated rings. The summed E-state index contributed by atoms with van der Waals surface area (Å²) in [5.41, 5.74) is 5.10. The van der Waals surface area contributed by atoms with E-state index in [1.165, 1.54) is 0 Å². The molecule has 1 aliphatic heterocycles. The van der Waals surface area contributed by atoms with Gasteiger partial charge in [-0.2, -0.15) is 0 Å². The number of cyclic esters (lactones) is 1. The molecule has 0 radical (unpaired) electrons. The zero-order chi connectivity index (χ0) is 6.15. The van der Waals surface area contributed by atoms with Crippen LogP contribution in [0.5, 0.6) is 0 Å². The molecule has 0 amide bonds. The zero-order valence-corrected chi connectivity index (χ0v) is 4.20. The first kappa shape index (κ1) is 5.53. The quantitative estimate of drug-likeness (QED) is 0.368. The van der Waals surface area contributed by atoms with Gasteiger partial charge in [0.2, 0.25) is 0 Å². The Bertz CT molecular complexity index is 114. The van der Waals surface area contributed by atoms with Gasteiger partial charge in [-0.05, 0) is 0 Å². The lowest BCUT2D eigenvalue weighted by molar-refractivity contribution is -0.139. The largest absolute Gasteiger partial charge is 0.462 e. The van der Waals surface area contributed by atoms with Gasteiger partial charge in [0.25, 0.3) is 0 Å². The summed E-state index contributed by atoms with van der Waals surface area (Å²) in [7, 11) is 0. The minimum absolute atomic E-state index is 0.0417. The fourth-order valence-electron chi connectivity index (χ4n) is 0.524. The summed E-state index contributed by atoms with van der Waals surface area (Å²) in [5.74, 6) is -0.516. The highest BCUT2D eigenvalue weighted by atomic mass is 16.6. The number of hydrogen-bond acceptors (Lipinski definition) is 4. The molecule has 0 saturated carbocycles.